The highest BCUT2D eigenvalue weighted by atomic mass is 32.2. The van der Waals surface area contributed by atoms with Crippen LogP contribution in [0.3, 0.4) is 0 Å². The molecule has 1 amide bonds. The Morgan fingerprint density at radius 1 is 1.00 bits per heavy atom. The first-order chi connectivity index (χ1) is 16.5. The predicted octanol–water partition coefficient (Wildman–Crippen LogP) is 4.67. The highest BCUT2D eigenvalue weighted by Gasteiger charge is 2.20. The molecule has 1 aliphatic rings. The molecule has 34 heavy (non-hydrogen) atoms. The number of thioether (sulfide) groups is 1. The van der Waals surface area contributed by atoms with Crippen molar-refractivity contribution in [1.29, 1.82) is 0 Å². The van der Waals surface area contributed by atoms with Gasteiger partial charge in [0.25, 0.3) is 5.91 Å². The number of amides is 1. The van der Waals surface area contributed by atoms with E-state index in [9.17, 15) is 4.79 Å². The van der Waals surface area contributed by atoms with Crippen LogP contribution in [0.1, 0.15) is 29.3 Å². The van der Waals surface area contributed by atoms with Gasteiger partial charge in [0.1, 0.15) is 5.82 Å². The molecular formula is C27H33N5OS. The van der Waals surface area contributed by atoms with Gasteiger partial charge >= 0.3 is 0 Å². The van der Waals surface area contributed by atoms with Gasteiger partial charge in [0.2, 0.25) is 0 Å². The number of likely N-dealkylation sites (N-methyl/N-ethyl adjacent to an activating group) is 1. The van der Waals surface area contributed by atoms with Gasteiger partial charge < -0.3 is 14.7 Å². The molecule has 2 heterocycles. The fourth-order valence-corrected chi connectivity index (χ4v) is 4.77. The van der Waals surface area contributed by atoms with Gasteiger partial charge in [0.15, 0.2) is 5.16 Å². The molecule has 1 fully saturated rings. The minimum atomic E-state index is 0.120. The van der Waals surface area contributed by atoms with Crippen molar-refractivity contribution >= 4 is 23.5 Å². The van der Waals surface area contributed by atoms with E-state index in [0.29, 0.717) is 0 Å². The number of nitrogens with zero attached hydrogens (tertiary/aromatic N) is 5. The van der Waals surface area contributed by atoms with Crippen molar-refractivity contribution in [2.45, 2.75) is 24.3 Å². The van der Waals surface area contributed by atoms with E-state index in [2.05, 4.69) is 49.0 Å². The van der Waals surface area contributed by atoms with Crippen LogP contribution in [0.4, 0.5) is 5.82 Å². The lowest BCUT2D eigenvalue weighted by atomic mass is 10.1. The first-order valence-corrected chi connectivity index (χ1v) is 12.9. The minimum Gasteiger partial charge on any atom is -0.360 e. The zero-order valence-corrected chi connectivity index (χ0v) is 21.1. The molecule has 6 nitrogen and oxygen atoms in total. The normalized spacial score (nSPS) is 14.3. The minimum absolute atomic E-state index is 0.120. The van der Waals surface area contributed by atoms with E-state index in [1.807, 2.05) is 47.4 Å². The number of carbonyl (C=O) groups excluding carboxylic acids is 1. The molecule has 0 saturated carbocycles. The third kappa shape index (κ3) is 6.15. The Balaban J connectivity index is 1.46. The van der Waals surface area contributed by atoms with Crippen LogP contribution < -0.4 is 4.90 Å². The third-order valence-electron chi connectivity index (χ3n) is 6.07. The second-order valence-electron chi connectivity index (χ2n) is 8.76. The summed E-state index contributed by atoms with van der Waals surface area (Å²) in [5.74, 6) is 1.80. The average molecular weight is 476 g/mol. The molecule has 1 aliphatic heterocycles. The SMILES string of the molecule is CCCN(C)c1cc(-c2ccccc2)nc(SCc2ccc(C(=O)N3CCN(C)CC3)cc2)n1. The zero-order chi connectivity index (χ0) is 23.9. The van der Waals surface area contributed by atoms with Gasteiger partial charge in [-0.05, 0) is 31.2 Å². The zero-order valence-electron chi connectivity index (χ0n) is 20.3. The molecule has 0 N–H and O–H groups in total. The standard InChI is InChI=1S/C27H33N5OS/c1-4-14-31(3)25-19-24(22-8-6-5-7-9-22)28-27(29-25)34-20-21-10-12-23(13-11-21)26(33)32-17-15-30(2)16-18-32/h5-13,19H,4,14-18,20H2,1-3H3. The lowest BCUT2D eigenvalue weighted by molar-refractivity contribution is 0.0664. The maximum Gasteiger partial charge on any atom is 0.253 e. The maximum atomic E-state index is 12.8. The lowest BCUT2D eigenvalue weighted by Gasteiger charge is -2.32. The van der Waals surface area contributed by atoms with Crippen LogP contribution in [-0.4, -0.2) is 72.5 Å². The van der Waals surface area contributed by atoms with E-state index in [4.69, 9.17) is 9.97 Å². The number of benzene rings is 2. The Morgan fingerprint density at radius 3 is 2.38 bits per heavy atom. The molecule has 0 radical (unpaired) electrons. The predicted molar refractivity (Wildman–Crippen MR) is 140 cm³/mol. The monoisotopic (exact) mass is 475 g/mol. The van der Waals surface area contributed by atoms with E-state index in [-0.39, 0.29) is 5.91 Å². The summed E-state index contributed by atoms with van der Waals surface area (Å²) in [4.78, 5) is 28.8. The molecule has 0 unspecified atom stereocenters. The quantitative estimate of drug-likeness (QED) is 0.349. The summed E-state index contributed by atoms with van der Waals surface area (Å²) in [5.41, 5.74) is 3.93. The summed E-state index contributed by atoms with van der Waals surface area (Å²) >= 11 is 1.62. The second kappa shape index (κ2) is 11.5. The largest absolute Gasteiger partial charge is 0.360 e. The van der Waals surface area contributed by atoms with Crippen LogP contribution in [-0.2, 0) is 5.75 Å². The van der Waals surface area contributed by atoms with Crippen LogP contribution in [0, 0.1) is 0 Å². The molecule has 1 saturated heterocycles. The van der Waals surface area contributed by atoms with E-state index in [1.165, 1.54) is 0 Å². The van der Waals surface area contributed by atoms with Gasteiger partial charge in [-0.15, -0.1) is 0 Å². The van der Waals surface area contributed by atoms with E-state index in [0.717, 1.165) is 78.3 Å². The smallest absolute Gasteiger partial charge is 0.253 e. The van der Waals surface area contributed by atoms with Gasteiger partial charge in [-0.2, -0.15) is 0 Å². The first kappa shape index (κ1) is 24.2. The second-order valence-corrected chi connectivity index (χ2v) is 9.71. The maximum absolute atomic E-state index is 12.8. The van der Waals surface area contributed by atoms with Crippen molar-refractivity contribution in [3.63, 3.8) is 0 Å². The summed E-state index contributed by atoms with van der Waals surface area (Å²) in [5, 5.41) is 0.761. The molecule has 0 bridgehead atoms. The Labute approximate surface area is 207 Å². The van der Waals surface area contributed by atoms with Gasteiger partial charge in [-0.1, -0.05) is 61.2 Å². The summed E-state index contributed by atoms with van der Waals surface area (Å²) in [6.45, 7) is 6.55. The number of piperazine rings is 1. The number of carbonyl (C=O) groups is 1. The van der Waals surface area contributed by atoms with Crippen molar-refractivity contribution < 1.29 is 4.79 Å². The third-order valence-corrected chi connectivity index (χ3v) is 6.99. The van der Waals surface area contributed by atoms with Crippen molar-refractivity contribution in [2.24, 2.45) is 0 Å². The summed E-state index contributed by atoms with van der Waals surface area (Å²) in [6.07, 6.45) is 1.06. The molecule has 0 spiro atoms. The fraction of sp³-hybridized carbons (Fsp3) is 0.370. The Bertz CT molecular complexity index is 1080. The van der Waals surface area contributed by atoms with Crippen LogP contribution in [0.15, 0.2) is 65.8 Å². The molecule has 3 aromatic rings. The van der Waals surface area contributed by atoms with Crippen molar-refractivity contribution in [3.8, 4) is 11.3 Å². The molecule has 0 atom stereocenters. The summed E-state index contributed by atoms with van der Waals surface area (Å²) in [6, 6.07) is 20.3. The van der Waals surface area contributed by atoms with E-state index >= 15 is 0 Å². The number of hydrogen-bond donors (Lipinski definition) is 0. The van der Waals surface area contributed by atoms with Crippen LogP contribution in [0.2, 0.25) is 0 Å². The van der Waals surface area contributed by atoms with Crippen molar-refractivity contribution in [1.82, 2.24) is 19.8 Å². The summed E-state index contributed by atoms with van der Waals surface area (Å²) < 4.78 is 0. The molecule has 1 aromatic heterocycles. The average Bonchev–Trinajstić information content (AvgIpc) is 2.88. The van der Waals surface area contributed by atoms with E-state index in [1.54, 1.807) is 11.8 Å². The van der Waals surface area contributed by atoms with Crippen molar-refractivity contribution in [2.75, 3.05) is 51.7 Å². The first-order valence-electron chi connectivity index (χ1n) is 11.9. The number of hydrogen-bond acceptors (Lipinski definition) is 6. The van der Waals surface area contributed by atoms with Crippen LogP contribution in [0.5, 0.6) is 0 Å². The Kier molecular flexibility index (Phi) is 8.19. The number of aromatic nitrogens is 2. The molecule has 7 heteroatoms. The number of anilines is 1. The highest BCUT2D eigenvalue weighted by Crippen LogP contribution is 2.27. The molecule has 178 valence electrons. The lowest BCUT2D eigenvalue weighted by Crippen LogP contribution is -2.47. The highest BCUT2D eigenvalue weighted by molar-refractivity contribution is 7.98. The Morgan fingerprint density at radius 2 is 1.71 bits per heavy atom. The molecular weight excluding hydrogens is 442 g/mol. The topological polar surface area (TPSA) is 52.6 Å². The molecule has 4 rings (SSSR count). The summed E-state index contributed by atoms with van der Waals surface area (Å²) in [7, 11) is 4.17. The van der Waals surface area contributed by atoms with Gasteiger partial charge in [-0.25, -0.2) is 9.97 Å². The van der Waals surface area contributed by atoms with Crippen LogP contribution >= 0.6 is 11.8 Å². The molecule has 0 aliphatic carbocycles. The van der Waals surface area contributed by atoms with Gasteiger partial charge in [0, 0.05) is 62.7 Å². The van der Waals surface area contributed by atoms with E-state index < -0.39 is 0 Å². The van der Waals surface area contributed by atoms with Crippen LogP contribution in [0.25, 0.3) is 11.3 Å². The van der Waals surface area contributed by atoms with Crippen molar-refractivity contribution in [3.05, 3.63) is 71.8 Å². The molecule has 2 aromatic carbocycles. The number of rotatable bonds is 8. The fourth-order valence-electron chi connectivity index (χ4n) is 3.96. The van der Waals surface area contributed by atoms with Gasteiger partial charge in [-0.3, -0.25) is 4.79 Å². The Hall–Kier alpha value is -2.90. The van der Waals surface area contributed by atoms with Gasteiger partial charge in [0.05, 0.1) is 5.69 Å².